The van der Waals surface area contributed by atoms with Crippen molar-refractivity contribution in [2.75, 3.05) is 0 Å². The van der Waals surface area contributed by atoms with Crippen LogP contribution < -0.4 is 0 Å². The lowest BCUT2D eigenvalue weighted by Crippen LogP contribution is -2.16. The van der Waals surface area contributed by atoms with E-state index in [1.165, 1.54) is 0 Å². The number of hydrogen-bond donors (Lipinski definition) is 2. The molecule has 0 saturated carbocycles. The Kier molecular flexibility index (Phi) is 6.43. The molecule has 2 N–H and O–H groups in total. The van der Waals surface area contributed by atoms with Gasteiger partial charge in [-0.05, 0) is 36.4 Å². The first-order valence-electron chi connectivity index (χ1n) is 9.60. The van der Waals surface area contributed by atoms with Gasteiger partial charge in [-0.1, -0.05) is 42.1 Å². The molecule has 0 unspecified atom stereocenters. The van der Waals surface area contributed by atoms with Crippen LogP contribution in [0.15, 0.2) is 42.5 Å². The number of rotatable bonds is 2. The highest BCUT2D eigenvalue weighted by Gasteiger charge is 2.32. The zero-order valence-corrected chi connectivity index (χ0v) is 19.6. The van der Waals surface area contributed by atoms with Crippen LogP contribution in [0.5, 0.6) is 0 Å². The standard InChI is InChI=1S/C22H9ClF6N2O3S2/c23-11-3-9(22(27,28)29)5-13-18(11)17(36)7-15(31-13)20(33)34-19(32)14-6-16(35)10-2-1-8(21(24,25)26)4-12(10)30-14/h1-7H,(H,30,35)(H,31,36). The van der Waals surface area contributed by atoms with Crippen molar-refractivity contribution in [3.8, 4) is 0 Å². The number of H-pyrrole nitrogens is 2. The van der Waals surface area contributed by atoms with Gasteiger partial charge in [-0.15, -0.1) is 0 Å². The third-order valence-electron chi connectivity index (χ3n) is 4.99. The monoisotopic (exact) mass is 562 g/mol. The van der Waals surface area contributed by atoms with Crippen LogP contribution in [-0.2, 0) is 17.1 Å². The quantitative estimate of drug-likeness (QED) is 0.113. The SMILES string of the molecule is O=C(OC(=O)c1cc(=S)c2c(Cl)cc(C(F)(F)F)cc2[nH]1)c1cc(=S)c2ccc(C(F)(F)F)cc2[nH]1. The van der Waals surface area contributed by atoms with Crippen LogP contribution in [-0.4, -0.2) is 21.9 Å². The van der Waals surface area contributed by atoms with Crippen molar-refractivity contribution in [1.29, 1.82) is 0 Å². The van der Waals surface area contributed by atoms with E-state index in [0.29, 0.717) is 12.1 Å². The Hall–Kier alpha value is -3.29. The normalized spacial score (nSPS) is 12.2. The lowest BCUT2D eigenvalue weighted by Gasteiger charge is -2.11. The van der Waals surface area contributed by atoms with E-state index in [2.05, 4.69) is 9.97 Å². The summed E-state index contributed by atoms with van der Waals surface area (Å²) in [7, 11) is 0. The molecule has 0 amide bonds. The first-order valence-corrected chi connectivity index (χ1v) is 10.8. The third kappa shape index (κ3) is 4.99. The molecule has 2 heterocycles. The van der Waals surface area contributed by atoms with E-state index in [4.69, 9.17) is 40.8 Å². The highest BCUT2D eigenvalue weighted by molar-refractivity contribution is 7.72. The molecule has 186 valence electrons. The minimum Gasteiger partial charge on any atom is -0.384 e. The number of aromatic amines is 2. The van der Waals surface area contributed by atoms with Gasteiger partial charge in [-0.25, -0.2) is 9.59 Å². The molecule has 0 spiro atoms. The molecule has 36 heavy (non-hydrogen) atoms. The van der Waals surface area contributed by atoms with Crippen LogP contribution in [0.4, 0.5) is 26.3 Å². The second-order valence-corrected chi connectivity index (χ2v) is 8.69. The van der Waals surface area contributed by atoms with Gasteiger partial charge in [0, 0.05) is 26.3 Å². The zero-order chi connectivity index (χ0) is 26.6. The molecule has 0 saturated heterocycles. The smallest absolute Gasteiger partial charge is 0.384 e. The highest BCUT2D eigenvalue weighted by atomic mass is 35.5. The molecule has 0 radical (unpaired) electrons. The lowest BCUT2D eigenvalue weighted by atomic mass is 10.1. The van der Waals surface area contributed by atoms with Crippen LogP contribution in [0.3, 0.4) is 0 Å². The maximum Gasteiger partial charge on any atom is 0.416 e. The Morgan fingerprint density at radius 2 is 1.28 bits per heavy atom. The Balaban J connectivity index is 1.70. The van der Waals surface area contributed by atoms with Gasteiger partial charge < -0.3 is 14.7 Å². The summed E-state index contributed by atoms with van der Waals surface area (Å²) in [5, 5.41) is -0.0440. The summed E-state index contributed by atoms with van der Waals surface area (Å²) in [4.78, 5) is 30.0. The summed E-state index contributed by atoms with van der Waals surface area (Å²) in [5.41, 5.74) is -3.35. The second-order valence-electron chi connectivity index (χ2n) is 7.41. The van der Waals surface area contributed by atoms with E-state index in [9.17, 15) is 35.9 Å². The van der Waals surface area contributed by atoms with E-state index in [0.717, 1.165) is 30.3 Å². The number of alkyl halides is 6. The van der Waals surface area contributed by atoms with Gasteiger partial charge in [0.25, 0.3) is 0 Å². The third-order valence-corrected chi connectivity index (χ3v) is 5.95. The molecular formula is C22H9ClF6N2O3S2. The molecule has 0 bridgehead atoms. The Morgan fingerprint density at radius 1 is 0.750 bits per heavy atom. The van der Waals surface area contributed by atoms with Gasteiger partial charge in [0.1, 0.15) is 11.4 Å². The minimum atomic E-state index is -4.74. The van der Waals surface area contributed by atoms with Crippen molar-refractivity contribution in [3.63, 3.8) is 0 Å². The molecular weight excluding hydrogens is 554 g/mol. The molecule has 0 fully saturated rings. The lowest BCUT2D eigenvalue weighted by molar-refractivity contribution is -0.138. The summed E-state index contributed by atoms with van der Waals surface area (Å²) in [6.45, 7) is 0. The molecule has 0 aliphatic heterocycles. The number of esters is 2. The van der Waals surface area contributed by atoms with E-state index in [-0.39, 0.29) is 35.8 Å². The van der Waals surface area contributed by atoms with Crippen LogP contribution in [0.2, 0.25) is 5.02 Å². The van der Waals surface area contributed by atoms with Crippen molar-refractivity contribution in [2.24, 2.45) is 0 Å². The average Bonchev–Trinajstić information content (AvgIpc) is 2.76. The maximum absolute atomic E-state index is 13.1. The number of nitrogens with one attached hydrogen (secondary N) is 2. The van der Waals surface area contributed by atoms with Crippen LogP contribution >= 0.6 is 36.0 Å². The van der Waals surface area contributed by atoms with Gasteiger partial charge in [-0.3, -0.25) is 0 Å². The van der Waals surface area contributed by atoms with Gasteiger partial charge in [0.2, 0.25) is 0 Å². The number of aromatic nitrogens is 2. The molecule has 0 atom stereocenters. The number of fused-ring (bicyclic) bond motifs is 2. The highest BCUT2D eigenvalue weighted by Crippen LogP contribution is 2.35. The number of carbonyl (C=O) groups is 2. The van der Waals surface area contributed by atoms with Crippen molar-refractivity contribution in [2.45, 2.75) is 12.4 Å². The number of pyridine rings is 2. The van der Waals surface area contributed by atoms with E-state index in [1.54, 1.807) is 0 Å². The zero-order valence-electron chi connectivity index (χ0n) is 17.2. The predicted molar refractivity (Wildman–Crippen MR) is 123 cm³/mol. The van der Waals surface area contributed by atoms with Gasteiger partial charge in [-0.2, -0.15) is 26.3 Å². The topological polar surface area (TPSA) is 75.0 Å². The second kappa shape index (κ2) is 8.98. The van der Waals surface area contributed by atoms with E-state index < -0.39 is 46.8 Å². The summed E-state index contributed by atoms with van der Waals surface area (Å²) in [6, 6.07) is 6.21. The van der Waals surface area contributed by atoms with Crippen LogP contribution in [0, 0.1) is 9.02 Å². The number of halogens is 7. The van der Waals surface area contributed by atoms with Gasteiger partial charge in [0.15, 0.2) is 0 Å². The maximum atomic E-state index is 13.1. The Bertz CT molecular complexity index is 1690. The number of ether oxygens (including phenoxy) is 1. The molecule has 5 nitrogen and oxygen atoms in total. The van der Waals surface area contributed by atoms with Gasteiger partial charge in [0.05, 0.1) is 20.7 Å². The number of hydrogen-bond acceptors (Lipinski definition) is 5. The van der Waals surface area contributed by atoms with Crippen molar-refractivity contribution in [3.05, 3.63) is 79.0 Å². The predicted octanol–water partition coefficient (Wildman–Crippen LogP) is 7.80. The summed E-state index contributed by atoms with van der Waals surface area (Å²) in [6.07, 6.45) is -9.39. The fourth-order valence-corrected chi connectivity index (χ4v) is 4.36. The van der Waals surface area contributed by atoms with E-state index in [1.807, 2.05) is 0 Å². The Morgan fingerprint density at radius 3 is 1.86 bits per heavy atom. The van der Waals surface area contributed by atoms with Crippen molar-refractivity contribution in [1.82, 2.24) is 9.97 Å². The molecule has 0 aliphatic rings. The fraction of sp³-hybridized carbons (Fsp3) is 0.0909. The molecule has 0 aliphatic carbocycles. The van der Waals surface area contributed by atoms with E-state index >= 15 is 0 Å². The number of benzene rings is 2. The summed E-state index contributed by atoms with van der Waals surface area (Å²) in [5.74, 6) is -2.61. The molecule has 2 aromatic heterocycles. The van der Waals surface area contributed by atoms with Crippen LogP contribution in [0.1, 0.15) is 32.1 Å². The number of carbonyl (C=O) groups excluding carboxylic acids is 2. The largest absolute Gasteiger partial charge is 0.416 e. The molecule has 14 heteroatoms. The average molecular weight is 563 g/mol. The summed E-state index contributed by atoms with van der Waals surface area (Å²) >= 11 is 16.2. The van der Waals surface area contributed by atoms with Crippen LogP contribution in [0.25, 0.3) is 21.8 Å². The van der Waals surface area contributed by atoms with Gasteiger partial charge >= 0.3 is 24.3 Å². The minimum absolute atomic E-state index is 0.0105. The fourth-order valence-electron chi connectivity index (χ4n) is 3.35. The Labute approximate surface area is 211 Å². The van der Waals surface area contributed by atoms with Crippen molar-refractivity contribution < 1.29 is 40.7 Å². The molecule has 4 aromatic rings. The molecule has 4 rings (SSSR count). The first-order chi connectivity index (χ1) is 16.6. The first kappa shape index (κ1) is 25.8. The summed E-state index contributed by atoms with van der Waals surface area (Å²) < 4.78 is 83.2. The van der Waals surface area contributed by atoms with Crippen molar-refractivity contribution >= 4 is 69.8 Å². The molecule has 2 aromatic carbocycles.